The third kappa shape index (κ3) is 6.50. The van der Waals surface area contributed by atoms with Crippen LogP contribution in [0.3, 0.4) is 0 Å². The van der Waals surface area contributed by atoms with Crippen LogP contribution in [0.5, 0.6) is 0 Å². The highest BCUT2D eigenvalue weighted by Crippen LogP contribution is 2.48. The van der Waals surface area contributed by atoms with Crippen molar-refractivity contribution in [2.24, 2.45) is 22.2 Å². The number of rotatable bonds is 7. The first-order chi connectivity index (χ1) is 18.4. The number of ether oxygens (including phenoxy) is 1. The van der Waals surface area contributed by atoms with Gasteiger partial charge in [-0.1, -0.05) is 52.8 Å². The molecule has 0 aromatic rings. The summed E-state index contributed by atoms with van der Waals surface area (Å²) in [7, 11) is 1.76. The predicted molar refractivity (Wildman–Crippen MR) is 155 cm³/mol. The number of nitrogens with zero attached hydrogens (tertiary/aromatic N) is 3. The minimum absolute atomic E-state index is 0.0406. The third-order valence-electron chi connectivity index (χ3n) is 9.37. The van der Waals surface area contributed by atoms with Gasteiger partial charge >= 0.3 is 5.97 Å². The van der Waals surface area contributed by atoms with E-state index in [0.29, 0.717) is 29.7 Å². The predicted octanol–water partition coefficient (Wildman–Crippen LogP) is 5.97. The fourth-order valence-electron chi connectivity index (χ4n) is 6.82. The molecule has 7 heteroatoms. The number of aliphatic imine (C=N–C) groups is 1. The first-order valence-electron chi connectivity index (χ1n) is 15.0. The van der Waals surface area contributed by atoms with Gasteiger partial charge in [-0.15, -0.1) is 0 Å². The van der Waals surface area contributed by atoms with Crippen molar-refractivity contribution in [3.8, 4) is 0 Å². The lowest BCUT2D eigenvalue weighted by Gasteiger charge is -2.47. The number of piperidine rings is 1. The van der Waals surface area contributed by atoms with E-state index >= 15 is 0 Å². The maximum Gasteiger partial charge on any atom is 0.335 e. The lowest BCUT2D eigenvalue weighted by Crippen LogP contribution is -2.56. The summed E-state index contributed by atoms with van der Waals surface area (Å²) in [5.74, 6) is 0.841. The summed E-state index contributed by atoms with van der Waals surface area (Å²) >= 11 is 0. The Kier molecular flexibility index (Phi) is 9.09. The second-order valence-electron chi connectivity index (χ2n) is 13.4. The molecule has 4 rings (SSSR count). The molecule has 1 saturated heterocycles. The molecule has 1 N–H and O–H groups in total. The normalized spacial score (nSPS) is 27.5. The molecule has 2 aliphatic heterocycles. The maximum absolute atomic E-state index is 14.5. The summed E-state index contributed by atoms with van der Waals surface area (Å²) in [5.41, 5.74) is 1.02. The van der Waals surface area contributed by atoms with Gasteiger partial charge in [0.05, 0.1) is 17.7 Å². The van der Waals surface area contributed by atoms with E-state index in [1.165, 1.54) is 0 Å². The summed E-state index contributed by atoms with van der Waals surface area (Å²) in [6.07, 6.45) is 15.7. The summed E-state index contributed by atoms with van der Waals surface area (Å²) in [4.78, 5) is 35.8. The summed E-state index contributed by atoms with van der Waals surface area (Å²) in [5, 5.41) is 9.58. The van der Waals surface area contributed by atoms with Crippen LogP contribution in [0.1, 0.15) is 92.4 Å². The molecular weight excluding hydrogens is 490 g/mol. The van der Waals surface area contributed by atoms with E-state index in [1.807, 2.05) is 6.08 Å². The number of hydrogen-bond acceptors (Lipinski definition) is 5. The summed E-state index contributed by atoms with van der Waals surface area (Å²) in [6, 6.07) is -0.137. The van der Waals surface area contributed by atoms with Crippen LogP contribution in [-0.4, -0.2) is 70.6 Å². The van der Waals surface area contributed by atoms with E-state index in [0.717, 1.165) is 70.0 Å². The lowest BCUT2D eigenvalue weighted by atomic mass is 9.69. The van der Waals surface area contributed by atoms with E-state index in [-0.39, 0.29) is 23.5 Å². The largest absolute Gasteiger partial charge is 0.478 e. The molecule has 2 heterocycles. The van der Waals surface area contributed by atoms with E-state index in [1.54, 1.807) is 19.3 Å². The highest BCUT2D eigenvalue weighted by atomic mass is 16.5. The molecule has 1 amide bonds. The molecule has 0 unspecified atom stereocenters. The van der Waals surface area contributed by atoms with Crippen LogP contribution in [0.2, 0.25) is 0 Å². The van der Waals surface area contributed by atoms with Gasteiger partial charge in [-0.25, -0.2) is 9.79 Å². The molecule has 39 heavy (non-hydrogen) atoms. The number of hydrogen-bond donors (Lipinski definition) is 1. The number of methoxy groups -OCH3 is 1. The number of allylic oxidation sites excluding steroid dienone is 2. The zero-order valence-electron chi connectivity index (χ0n) is 24.9. The third-order valence-corrected chi connectivity index (χ3v) is 9.37. The molecule has 0 aromatic heterocycles. The molecule has 0 bridgehead atoms. The Morgan fingerprint density at radius 2 is 1.77 bits per heavy atom. The van der Waals surface area contributed by atoms with Crippen LogP contribution in [0.15, 0.2) is 40.4 Å². The van der Waals surface area contributed by atoms with E-state index in [4.69, 9.17) is 9.73 Å². The van der Waals surface area contributed by atoms with Crippen molar-refractivity contribution in [2.45, 2.75) is 110 Å². The fourth-order valence-corrected chi connectivity index (χ4v) is 6.82. The van der Waals surface area contributed by atoms with Crippen molar-refractivity contribution in [1.82, 2.24) is 9.80 Å². The molecule has 216 valence electrons. The SMILES string of the molecule is COC1CCN(C2=NC3(CCC(C(C)(C)C)CC3)N([C@H](CCC(C)C)C3=CCC=C(C(=O)O)C=C3)C2=O)CC1. The second kappa shape index (κ2) is 12.0. The van der Waals surface area contributed by atoms with Crippen LogP contribution in [0.4, 0.5) is 0 Å². The van der Waals surface area contributed by atoms with E-state index in [9.17, 15) is 14.7 Å². The average Bonchev–Trinajstić information content (AvgIpc) is 3.03. The van der Waals surface area contributed by atoms with Gasteiger partial charge in [0, 0.05) is 20.2 Å². The zero-order chi connectivity index (χ0) is 28.4. The van der Waals surface area contributed by atoms with Crippen molar-refractivity contribution < 1.29 is 19.4 Å². The molecule has 1 spiro atoms. The molecule has 2 aliphatic carbocycles. The Hall–Kier alpha value is -2.41. The number of likely N-dealkylation sites (tertiary alicyclic amines) is 1. The fraction of sp³-hybridized carbons (Fsp3) is 0.719. The number of carbonyl (C=O) groups is 2. The Bertz CT molecular complexity index is 1030. The van der Waals surface area contributed by atoms with Gasteiger partial charge in [0.15, 0.2) is 5.84 Å². The number of carboxylic acids is 1. The van der Waals surface area contributed by atoms with Crippen LogP contribution in [0, 0.1) is 17.3 Å². The lowest BCUT2D eigenvalue weighted by molar-refractivity contribution is -0.133. The van der Waals surface area contributed by atoms with Crippen molar-refractivity contribution in [3.63, 3.8) is 0 Å². The Labute approximate surface area is 235 Å². The second-order valence-corrected chi connectivity index (χ2v) is 13.4. The molecular formula is C32H49N3O4. The van der Waals surface area contributed by atoms with Gasteiger partial charge in [-0.05, 0) is 86.7 Å². The van der Waals surface area contributed by atoms with Crippen molar-refractivity contribution >= 4 is 17.7 Å². The number of carboxylic acid groups (broad SMARTS) is 1. The standard InChI is InChI=1S/C32H49N3O4/c1-22(2)10-13-27(23-8-7-9-24(12-11-23)30(37)38)35-29(36)28(34-20-16-26(39-6)17-21-34)33-32(35)18-14-25(15-19-32)31(3,4)5/h8-9,11-12,22,25-27H,7,10,13-21H2,1-6H3,(H,37,38)/t25?,27-,32?/m1/s1. The molecule has 0 aromatic carbocycles. The monoisotopic (exact) mass is 539 g/mol. The van der Waals surface area contributed by atoms with Gasteiger partial charge in [0.25, 0.3) is 5.91 Å². The topological polar surface area (TPSA) is 82.4 Å². The van der Waals surface area contributed by atoms with Crippen molar-refractivity contribution in [1.29, 1.82) is 0 Å². The number of amides is 1. The minimum Gasteiger partial charge on any atom is -0.478 e. The van der Waals surface area contributed by atoms with Gasteiger partial charge in [0.1, 0.15) is 5.66 Å². The molecule has 2 fully saturated rings. The van der Waals surface area contributed by atoms with E-state index in [2.05, 4.69) is 50.5 Å². The zero-order valence-corrected chi connectivity index (χ0v) is 24.9. The Balaban J connectivity index is 1.70. The molecule has 1 saturated carbocycles. The van der Waals surface area contributed by atoms with Gasteiger partial charge < -0.3 is 19.6 Å². The number of carbonyl (C=O) groups excluding carboxylic acids is 1. The highest BCUT2D eigenvalue weighted by Gasteiger charge is 2.53. The average molecular weight is 540 g/mol. The van der Waals surface area contributed by atoms with Crippen LogP contribution < -0.4 is 0 Å². The summed E-state index contributed by atoms with van der Waals surface area (Å²) < 4.78 is 5.59. The van der Waals surface area contributed by atoms with Gasteiger partial charge in [-0.3, -0.25) is 4.79 Å². The molecule has 7 nitrogen and oxygen atoms in total. The summed E-state index contributed by atoms with van der Waals surface area (Å²) in [6.45, 7) is 13.0. The maximum atomic E-state index is 14.5. The first-order valence-corrected chi connectivity index (χ1v) is 15.0. The first kappa shape index (κ1) is 29.6. The van der Waals surface area contributed by atoms with Crippen LogP contribution in [0.25, 0.3) is 0 Å². The number of aliphatic carboxylic acids is 1. The minimum atomic E-state index is -0.918. The van der Waals surface area contributed by atoms with Crippen molar-refractivity contribution in [3.05, 3.63) is 35.5 Å². The van der Waals surface area contributed by atoms with Crippen molar-refractivity contribution in [2.75, 3.05) is 20.2 Å². The van der Waals surface area contributed by atoms with Gasteiger partial charge in [-0.2, -0.15) is 0 Å². The van der Waals surface area contributed by atoms with Crippen LogP contribution >= 0.6 is 0 Å². The van der Waals surface area contributed by atoms with Crippen LogP contribution in [-0.2, 0) is 14.3 Å². The van der Waals surface area contributed by atoms with Gasteiger partial charge in [0.2, 0.25) is 0 Å². The number of amidine groups is 1. The Morgan fingerprint density at radius 3 is 2.33 bits per heavy atom. The quantitative estimate of drug-likeness (QED) is 0.431. The molecule has 4 aliphatic rings. The molecule has 0 radical (unpaired) electrons. The van der Waals surface area contributed by atoms with E-state index < -0.39 is 11.6 Å². The Morgan fingerprint density at radius 1 is 1.10 bits per heavy atom. The smallest absolute Gasteiger partial charge is 0.335 e. The molecule has 1 atom stereocenters. The highest BCUT2D eigenvalue weighted by molar-refractivity contribution is 6.39.